The number of hydrogen-bond donors (Lipinski definition) is 1. The Balaban J connectivity index is 1.63. The molecule has 0 radical (unpaired) electrons. The molecule has 3 rings (SSSR count). The van der Waals surface area contributed by atoms with Crippen molar-refractivity contribution in [1.29, 1.82) is 0 Å². The molecule has 1 aliphatic heterocycles. The van der Waals surface area contributed by atoms with E-state index in [2.05, 4.69) is 5.32 Å². The van der Waals surface area contributed by atoms with E-state index in [0.717, 1.165) is 0 Å². The molecule has 1 atom stereocenters. The topological polar surface area (TPSA) is 110 Å². The predicted octanol–water partition coefficient (Wildman–Crippen LogP) is 2.19. The second kappa shape index (κ2) is 9.40. The molecular formula is C20H22N2O6S2. The van der Waals surface area contributed by atoms with Gasteiger partial charge in [-0.25, -0.2) is 13.2 Å². The Labute approximate surface area is 178 Å². The zero-order valence-electron chi connectivity index (χ0n) is 16.4. The van der Waals surface area contributed by atoms with Gasteiger partial charge in [0.25, 0.3) is 11.8 Å². The summed E-state index contributed by atoms with van der Waals surface area (Å²) in [4.78, 5) is 38.8. The number of likely N-dealkylation sites (N-methyl/N-ethyl adjacent to an activating group) is 1. The summed E-state index contributed by atoms with van der Waals surface area (Å²) in [5, 5.41) is 6.14. The number of thiophene rings is 1. The highest BCUT2D eigenvalue weighted by Gasteiger charge is 2.34. The lowest BCUT2D eigenvalue weighted by molar-refractivity contribution is -0.136. The van der Waals surface area contributed by atoms with Crippen molar-refractivity contribution in [2.24, 2.45) is 0 Å². The van der Waals surface area contributed by atoms with Crippen LogP contribution in [0.15, 0.2) is 41.1 Å². The molecule has 1 aliphatic rings. The Kier molecular flexibility index (Phi) is 6.88. The maximum absolute atomic E-state index is 12.5. The molecule has 1 saturated heterocycles. The summed E-state index contributed by atoms with van der Waals surface area (Å²) in [6.45, 7) is 1.57. The van der Waals surface area contributed by atoms with Crippen molar-refractivity contribution in [2.45, 2.75) is 19.4 Å². The average Bonchev–Trinajstić information content (AvgIpc) is 3.37. The van der Waals surface area contributed by atoms with Crippen molar-refractivity contribution in [3.8, 4) is 0 Å². The molecule has 160 valence electrons. The molecule has 1 aromatic carbocycles. The highest BCUT2D eigenvalue weighted by molar-refractivity contribution is 7.91. The number of carbonyl (C=O) groups is 3. The molecule has 1 N–H and O–H groups in total. The number of hydrogen-bond acceptors (Lipinski definition) is 7. The number of carbonyl (C=O) groups excluding carboxylic acids is 3. The van der Waals surface area contributed by atoms with Crippen LogP contribution in [0.5, 0.6) is 0 Å². The molecule has 2 heterocycles. The van der Waals surface area contributed by atoms with E-state index in [9.17, 15) is 22.8 Å². The van der Waals surface area contributed by atoms with Crippen molar-refractivity contribution in [2.75, 3.05) is 30.0 Å². The zero-order chi connectivity index (χ0) is 21.7. The van der Waals surface area contributed by atoms with Crippen LogP contribution in [0.1, 0.15) is 34.1 Å². The SMILES string of the molecule is CCN(C(=O)COC(=O)c1ccccc1NC(=O)c1ccsc1)[C@@H]1CCS(=O)(=O)C1. The molecule has 0 saturated carbocycles. The minimum absolute atomic E-state index is 0.0540. The van der Waals surface area contributed by atoms with E-state index in [4.69, 9.17) is 4.74 Å². The second-order valence-corrected chi connectivity index (χ2v) is 9.83. The maximum atomic E-state index is 12.5. The molecule has 0 aliphatic carbocycles. The summed E-state index contributed by atoms with van der Waals surface area (Å²) in [6.07, 6.45) is 0.382. The zero-order valence-corrected chi connectivity index (χ0v) is 18.0. The van der Waals surface area contributed by atoms with Crippen LogP contribution in [0.2, 0.25) is 0 Å². The number of sulfone groups is 1. The highest BCUT2D eigenvalue weighted by Crippen LogP contribution is 2.20. The van der Waals surface area contributed by atoms with Gasteiger partial charge in [-0.2, -0.15) is 11.3 Å². The van der Waals surface area contributed by atoms with Gasteiger partial charge in [-0.1, -0.05) is 12.1 Å². The first-order valence-electron chi connectivity index (χ1n) is 9.40. The normalized spacial score (nSPS) is 17.3. The molecule has 0 spiro atoms. The summed E-state index contributed by atoms with van der Waals surface area (Å²) in [6, 6.07) is 7.64. The van der Waals surface area contributed by atoms with Crippen molar-refractivity contribution in [1.82, 2.24) is 4.90 Å². The maximum Gasteiger partial charge on any atom is 0.340 e. The molecule has 2 amide bonds. The van der Waals surface area contributed by atoms with E-state index in [-0.39, 0.29) is 28.7 Å². The van der Waals surface area contributed by atoms with Crippen molar-refractivity contribution in [3.63, 3.8) is 0 Å². The number of ether oxygens (including phenoxy) is 1. The van der Waals surface area contributed by atoms with Crippen LogP contribution in [0.4, 0.5) is 5.69 Å². The number of benzene rings is 1. The fourth-order valence-corrected chi connectivity index (χ4v) is 5.67. The molecule has 1 fully saturated rings. The quantitative estimate of drug-likeness (QED) is 0.648. The number of anilines is 1. The number of rotatable bonds is 7. The van der Waals surface area contributed by atoms with Gasteiger partial charge in [-0.05, 0) is 36.9 Å². The fourth-order valence-electron chi connectivity index (χ4n) is 3.31. The van der Waals surface area contributed by atoms with Gasteiger partial charge >= 0.3 is 5.97 Å². The van der Waals surface area contributed by atoms with E-state index < -0.39 is 34.4 Å². The largest absolute Gasteiger partial charge is 0.452 e. The third-order valence-electron chi connectivity index (χ3n) is 4.82. The molecule has 0 bridgehead atoms. The van der Waals surface area contributed by atoms with E-state index in [1.165, 1.54) is 22.3 Å². The molecular weight excluding hydrogens is 428 g/mol. The summed E-state index contributed by atoms with van der Waals surface area (Å²) in [7, 11) is -3.14. The van der Waals surface area contributed by atoms with Gasteiger partial charge in [0.1, 0.15) is 0 Å². The molecule has 10 heteroatoms. The first kappa shape index (κ1) is 22.0. The number of amides is 2. The smallest absolute Gasteiger partial charge is 0.340 e. The lowest BCUT2D eigenvalue weighted by Crippen LogP contribution is -2.43. The minimum atomic E-state index is -3.14. The van der Waals surface area contributed by atoms with Gasteiger partial charge < -0.3 is 15.0 Å². The minimum Gasteiger partial charge on any atom is -0.452 e. The Hall–Kier alpha value is -2.72. The van der Waals surface area contributed by atoms with Gasteiger partial charge in [0.15, 0.2) is 16.4 Å². The van der Waals surface area contributed by atoms with Crippen molar-refractivity contribution in [3.05, 3.63) is 52.2 Å². The van der Waals surface area contributed by atoms with Crippen LogP contribution < -0.4 is 5.32 Å². The molecule has 0 unspecified atom stereocenters. The van der Waals surface area contributed by atoms with Crippen LogP contribution in [0.25, 0.3) is 0 Å². The van der Waals surface area contributed by atoms with Gasteiger partial charge in [0, 0.05) is 18.0 Å². The summed E-state index contributed by atoms with van der Waals surface area (Å²) < 4.78 is 28.5. The first-order chi connectivity index (χ1) is 14.3. The summed E-state index contributed by atoms with van der Waals surface area (Å²) >= 11 is 1.38. The fraction of sp³-hybridized carbons (Fsp3) is 0.350. The standard InChI is InChI=1S/C20H22N2O6S2/c1-2-22(15-8-10-30(26,27)13-15)18(23)11-28-20(25)16-5-3-4-6-17(16)21-19(24)14-7-9-29-12-14/h3-7,9,12,15H,2,8,10-11,13H2,1H3,(H,21,24)/t15-/m1/s1. The monoisotopic (exact) mass is 450 g/mol. The van der Waals surface area contributed by atoms with Crippen LogP contribution in [-0.2, 0) is 19.4 Å². The number of nitrogens with one attached hydrogen (secondary N) is 1. The number of nitrogens with zero attached hydrogens (tertiary/aromatic N) is 1. The van der Waals surface area contributed by atoms with E-state index >= 15 is 0 Å². The Bertz CT molecular complexity index is 1030. The van der Waals surface area contributed by atoms with E-state index in [1.807, 2.05) is 0 Å². The van der Waals surface area contributed by atoms with Gasteiger partial charge in [-0.3, -0.25) is 9.59 Å². The molecule has 1 aromatic heterocycles. The Morgan fingerprint density at radius 3 is 2.63 bits per heavy atom. The molecule has 30 heavy (non-hydrogen) atoms. The van der Waals surface area contributed by atoms with Crippen LogP contribution >= 0.6 is 11.3 Å². The first-order valence-corrected chi connectivity index (χ1v) is 12.2. The number of esters is 1. The summed E-state index contributed by atoms with van der Waals surface area (Å²) in [5.74, 6) is -1.57. The van der Waals surface area contributed by atoms with Crippen molar-refractivity contribution < 1.29 is 27.5 Å². The Morgan fingerprint density at radius 2 is 2.00 bits per heavy atom. The van der Waals surface area contributed by atoms with E-state index in [1.54, 1.807) is 41.9 Å². The van der Waals surface area contributed by atoms with E-state index in [0.29, 0.717) is 18.5 Å². The third kappa shape index (κ3) is 5.25. The van der Waals surface area contributed by atoms with Gasteiger partial charge in [-0.15, -0.1) is 0 Å². The molecule has 8 nitrogen and oxygen atoms in total. The third-order valence-corrected chi connectivity index (χ3v) is 7.25. The Morgan fingerprint density at radius 1 is 1.23 bits per heavy atom. The van der Waals surface area contributed by atoms with Crippen LogP contribution in [0, 0.1) is 0 Å². The average molecular weight is 451 g/mol. The van der Waals surface area contributed by atoms with Crippen LogP contribution in [-0.4, -0.2) is 61.8 Å². The van der Waals surface area contributed by atoms with Crippen molar-refractivity contribution >= 4 is 44.6 Å². The van der Waals surface area contributed by atoms with Gasteiger partial charge in [0.05, 0.1) is 28.3 Å². The number of para-hydroxylation sites is 1. The van der Waals surface area contributed by atoms with Gasteiger partial charge in [0.2, 0.25) is 0 Å². The highest BCUT2D eigenvalue weighted by atomic mass is 32.2. The predicted molar refractivity (Wildman–Crippen MR) is 113 cm³/mol. The summed E-state index contributed by atoms with van der Waals surface area (Å²) in [5.41, 5.74) is 0.879. The molecule has 2 aromatic rings. The second-order valence-electron chi connectivity index (χ2n) is 6.82. The van der Waals surface area contributed by atoms with Crippen LogP contribution in [0.3, 0.4) is 0 Å². The lowest BCUT2D eigenvalue weighted by Gasteiger charge is -2.26. The lowest BCUT2D eigenvalue weighted by atomic mass is 10.1.